The fourth-order valence-electron chi connectivity index (χ4n) is 0.369. The predicted octanol–water partition coefficient (Wildman–Crippen LogP) is 1.37. The van der Waals surface area contributed by atoms with E-state index in [-0.39, 0.29) is 0 Å². The number of rotatable bonds is 4. The zero-order valence-corrected chi connectivity index (χ0v) is 8.64. The zero-order valence-electron chi connectivity index (χ0n) is 6.31. The van der Waals surface area contributed by atoms with Crippen LogP contribution in [-0.4, -0.2) is 32.2 Å². The van der Waals surface area contributed by atoms with Crippen molar-refractivity contribution in [2.24, 2.45) is 5.92 Å². The molecule has 0 radical (unpaired) electrons. The van der Waals surface area contributed by atoms with Crippen LogP contribution >= 0.6 is 0 Å². The first-order chi connectivity index (χ1) is 4.18. The van der Waals surface area contributed by atoms with Crippen molar-refractivity contribution < 1.29 is 4.74 Å². The molecule has 0 aromatic rings. The van der Waals surface area contributed by atoms with E-state index in [9.17, 15) is 0 Å². The third kappa shape index (κ3) is 4.93. The second-order valence-corrected chi connectivity index (χ2v) is 3.47. The molecule has 0 heterocycles. The summed E-state index contributed by atoms with van der Waals surface area (Å²) in [6.07, 6.45) is 1.10. The molecule has 0 spiro atoms. The Bertz CT molecular complexity index is 88.9. The van der Waals surface area contributed by atoms with Crippen LogP contribution in [0.3, 0.4) is 0 Å². The van der Waals surface area contributed by atoms with Gasteiger partial charge in [0, 0.05) is 0 Å². The Balaban J connectivity index is 3.28. The summed E-state index contributed by atoms with van der Waals surface area (Å²) in [5.74, 6) is 0.571. The third-order valence-electron chi connectivity index (χ3n) is 0.920. The first-order valence-electron chi connectivity index (χ1n) is 3.35. The van der Waals surface area contributed by atoms with Gasteiger partial charge in [0.1, 0.15) is 0 Å². The maximum absolute atomic E-state index is 5.37. The van der Waals surface area contributed by atoms with Crippen molar-refractivity contribution in [1.29, 1.82) is 0 Å². The average Bonchev–Trinajstić information content (AvgIpc) is 1.82. The van der Waals surface area contributed by atoms with Crippen LogP contribution in [0.15, 0.2) is 0 Å². The van der Waals surface area contributed by atoms with E-state index in [0.29, 0.717) is 5.92 Å². The molecule has 0 saturated heterocycles. The van der Waals surface area contributed by atoms with Crippen LogP contribution in [0.4, 0.5) is 0 Å². The van der Waals surface area contributed by atoms with Crippen molar-refractivity contribution in [3.8, 4) is 0 Å². The van der Waals surface area contributed by atoms with Gasteiger partial charge in [-0.15, -0.1) is 0 Å². The molecule has 9 heavy (non-hydrogen) atoms. The molecule has 0 aromatic heterocycles. The average molecular weight is 242 g/mol. The van der Waals surface area contributed by atoms with Gasteiger partial charge in [-0.25, -0.2) is 0 Å². The van der Waals surface area contributed by atoms with Gasteiger partial charge in [-0.2, -0.15) is 0 Å². The van der Waals surface area contributed by atoms with Gasteiger partial charge < -0.3 is 0 Å². The molecule has 0 N–H and O–H groups in total. The summed E-state index contributed by atoms with van der Waals surface area (Å²) in [6.45, 7) is 7.28. The molecule has 1 nitrogen and oxygen atoms in total. The Morgan fingerprint density at radius 1 is 1.56 bits per heavy atom. The van der Waals surface area contributed by atoms with Crippen LogP contribution in [0.2, 0.25) is 0 Å². The summed E-state index contributed by atoms with van der Waals surface area (Å²) in [5.41, 5.74) is 0. The Kier molecular flexibility index (Phi) is 5.53. The van der Waals surface area contributed by atoms with E-state index >= 15 is 0 Å². The topological polar surface area (TPSA) is 9.23 Å². The zero-order chi connectivity index (χ0) is 7.28. The molecule has 0 aliphatic rings. The molecule has 0 bridgehead atoms. The second-order valence-electron chi connectivity index (χ2n) is 2.32. The molecule has 54 valence electrons. The van der Waals surface area contributed by atoms with Crippen molar-refractivity contribution in [1.82, 2.24) is 0 Å². The van der Waals surface area contributed by atoms with Crippen LogP contribution in [0, 0.1) is 5.92 Å². The van der Waals surface area contributed by atoms with Crippen molar-refractivity contribution in [2.45, 2.75) is 27.2 Å². The SMILES string of the molecule is CCCOC(=[Te])C(C)C. The Morgan fingerprint density at radius 3 is 2.44 bits per heavy atom. The molecule has 0 aliphatic heterocycles. The van der Waals surface area contributed by atoms with Gasteiger partial charge in [-0.1, -0.05) is 0 Å². The molecular weight excluding hydrogens is 228 g/mol. The van der Waals surface area contributed by atoms with Gasteiger partial charge in [0.05, 0.1) is 0 Å². The van der Waals surface area contributed by atoms with E-state index in [4.69, 9.17) is 4.74 Å². The molecule has 0 rings (SSSR count). The summed E-state index contributed by atoms with van der Waals surface area (Å²) < 4.78 is 6.53. The van der Waals surface area contributed by atoms with Gasteiger partial charge in [-0.05, 0) is 0 Å². The number of hydrogen-bond donors (Lipinski definition) is 0. The summed E-state index contributed by atoms with van der Waals surface area (Å²) in [5, 5.41) is 0. The fraction of sp³-hybridized carbons (Fsp3) is 0.857. The minimum atomic E-state index is 0.571. The van der Waals surface area contributed by atoms with Crippen molar-refractivity contribution in [3.05, 3.63) is 0 Å². The molecule has 2 heteroatoms. The van der Waals surface area contributed by atoms with Crippen molar-refractivity contribution in [2.75, 3.05) is 6.61 Å². The van der Waals surface area contributed by atoms with Gasteiger partial charge in [0.15, 0.2) is 0 Å². The summed E-state index contributed by atoms with van der Waals surface area (Å²) in [4.78, 5) is 0. The van der Waals surface area contributed by atoms with E-state index in [2.05, 4.69) is 20.8 Å². The second kappa shape index (κ2) is 5.26. The van der Waals surface area contributed by atoms with Gasteiger partial charge >= 0.3 is 70.0 Å². The summed E-state index contributed by atoms with van der Waals surface area (Å²) in [6, 6.07) is 0. The van der Waals surface area contributed by atoms with Gasteiger partial charge in [0.25, 0.3) is 0 Å². The van der Waals surface area contributed by atoms with Crippen LogP contribution in [0.5, 0.6) is 0 Å². The van der Waals surface area contributed by atoms with Crippen LogP contribution in [0.1, 0.15) is 27.2 Å². The predicted molar refractivity (Wildman–Crippen MR) is 41.8 cm³/mol. The van der Waals surface area contributed by atoms with Crippen LogP contribution in [-0.2, 0) is 4.74 Å². The first kappa shape index (κ1) is 9.46. The summed E-state index contributed by atoms with van der Waals surface area (Å²) >= 11 is 1.97. The fourth-order valence-corrected chi connectivity index (χ4v) is 0.607. The monoisotopic (exact) mass is 244 g/mol. The quantitative estimate of drug-likeness (QED) is 0.676. The van der Waals surface area contributed by atoms with Crippen LogP contribution in [0.25, 0.3) is 0 Å². The van der Waals surface area contributed by atoms with E-state index < -0.39 is 0 Å². The summed E-state index contributed by atoms with van der Waals surface area (Å²) in [7, 11) is 0. The standard InChI is InChI=1S/C7H14OTe/c1-4-5-8-7(9)6(2)3/h6H,4-5H2,1-3H3. The van der Waals surface area contributed by atoms with Crippen molar-refractivity contribution in [3.63, 3.8) is 0 Å². The maximum atomic E-state index is 5.37. The molecule has 0 saturated carbocycles. The molecule has 0 atom stereocenters. The van der Waals surface area contributed by atoms with Gasteiger partial charge in [0.2, 0.25) is 0 Å². The molecular formula is C7H14OTe. The Hall–Kier alpha value is 0.460. The van der Waals surface area contributed by atoms with E-state index in [1.54, 1.807) is 0 Å². The first-order valence-corrected chi connectivity index (χ1v) is 4.51. The van der Waals surface area contributed by atoms with E-state index in [0.717, 1.165) is 16.8 Å². The molecule has 0 aromatic carbocycles. The third-order valence-corrected chi connectivity index (χ3v) is 2.60. The molecule has 0 unspecified atom stereocenters. The van der Waals surface area contributed by atoms with E-state index in [1.807, 2.05) is 21.8 Å². The Morgan fingerprint density at radius 2 is 2.11 bits per heavy atom. The number of ether oxygens (including phenoxy) is 1. The molecule has 0 aliphatic carbocycles. The van der Waals surface area contributed by atoms with E-state index in [1.165, 1.54) is 0 Å². The van der Waals surface area contributed by atoms with Crippen LogP contribution < -0.4 is 0 Å². The minimum absolute atomic E-state index is 0.571. The van der Waals surface area contributed by atoms with Gasteiger partial charge in [-0.3, -0.25) is 0 Å². The Labute approximate surface area is 70.2 Å². The van der Waals surface area contributed by atoms with Crippen molar-refractivity contribution >= 4 is 25.6 Å². The number of hydrogen-bond acceptors (Lipinski definition) is 1. The normalized spacial score (nSPS) is 9.78. The molecule has 0 amide bonds. The molecule has 0 fully saturated rings.